The molecule has 24 heavy (non-hydrogen) atoms. The van der Waals surface area contributed by atoms with Crippen LogP contribution in [-0.2, 0) is 6.42 Å². The van der Waals surface area contributed by atoms with E-state index in [1.807, 2.05) is 31.2 Å². The molecule has 0 saturated carbocycles. The number of amides is 2. The molecule has 7 nitrogen and oxygen atoms in total. The van der Waals surface area contributed by atoms with Gasteiger partial charge in [0.2, 0.25) is 11.8 Å². The van der Waals surface area contributed by atoms with E-state index < -0.39 is 0 Å². The second-order valence-corrected chi connectivity index (χ2v) is 6.00. The van der Waals surface area contributed by atoms with Gasteiger partial charge in [-0.3, -0.25) is 0 Å². The fourth-order valence-corrected chi connectivity index (χ4v) is 2.81. The number of carbonyl (C=O) groups is 1. The quantitative estimate of drug-likeness (QED) is 0.899. The Morgan fingerprint density at radius 2 is 2.17 bits per heavy atom. The Morgan fingerprint density at radius 1 is 1.38 bits per heavy atom. The first-order chi connectivity index (χ1) is 11.7. The Labute approximate surface area is 140 Å². The minimum atomic E-state index is -0.132. The number of piperidine rings is 1. The molecule has 0 aliphatic carbocycles. The van der Waals surface area contributed by atoms with Crippen molar-refractivity contribution in [3.8, 4) is 11.5 Å². The average molecular weight is 330 g/mol. The van der Waals surface area contributed by atoms with Crippen molar-refractivity contribution in [3.63, 3.8) is 0 Å². The topological polar surface area (TPSA) is 91.5 Å². The van der Waals surface area contributed by atoms with Crippen molar-refractivity contribution < 1.29 is 14.3 Å². The van der Waals surface area contributed by atoms with Crippen LogP contribution in [0, 0.1) is 5.92 Å². The summed E-state index contributed by atoms with van der Waals surface area (Å²) >= 11 is 0. The Balaban J connectivity index is 1.62. The van der Waals surface area contributed by atoms with E-state index >= 15 is 0 Å². The lowest BCUT2D eigenvalue weighted by Gasteiger charge is -2.31. The smallest absolute Gasteiger partial charge is 0.321 e. The molecule has 1 aliphatic rings. The molecule has 3 rings (SSSR count). The second-order valence-electron chi connectivity index (χ2n) is 6.00. The molecule has 1 aliphatic heterocycles. The lowest BCUT2D eigenvalue weighted by Crippen LogP contribution is -2.43. The van der Waals surface area contributed by atoms with Crippen LogP contribution >= 0.6 is 0 Å². The number of carbonyl (C=O) groups excluding carboxylic acids is 1. The van der Waals surface area contributed by atoms with Crippen molar-refractivity contribution in [1.29, 1.82) is 0 Å². The Hall–Kier alpha value is -2.41. The molecular weight excluding hydrogens is 308 g/mol. The van der Waals surface area contributed by atoms with Gasteiger partial charge in [0.1, 0.15) is 0 Å². The summed E-state index contributed by atoms with van der Waals surface area (Å²) in [5.41, 5.74) is 1.53. The van der Waals surface area contributed by atoms with Gasteiger partial charge in [0.15, 0.2) is 0 Å². The molecule has 2 aromatic rings. The van der Waals surface area contributed by atoms with Crippen molar-refractivity contribution in [2.24, 2.45) is 5.92 Å². The van der Waals surface area contributed by atoms with Gasteiger partial charge in [0.05, 0.1) is 0 Å². The van der Waals surface area contributed by atoms with Gasteiger partial charge in [-0.1, -0.05) is 6.92 Å². The molecule has 1 atom stereocenters. The van der Waals surface area contributed by atoms with Crippen molar-refractivity contribution >= 4 is 11.7 Å². The zero-order chi connectivity index (χ0) is 16.9. The summed E-state index contributed by atoms with van der Waals surface area (Å²) in [4.78, 5) is 14.1. The molecule has 2 N–H and O–H groups in total. The van der Waals surface area contributed by atoms with Crippen molar-refractivity contribution in [1.82, 2.24) is 15.1 Å². The van der Waals surface area contributed by atoms with E-state index in [-0.39, 0.29) is 18.6 Å². The van der Waals surface area contributed by atoms with Crippen LogP contribution in [0.25, 0.3) is 11.5 Å². The van der Waals surface area contributed by atoms with E-state index in [4.69, 9.17) is 4.42 Å². The van der Waals surface area contributed by atoms with E-state index in [9.17, 15) is 9.90 Å². The largest absolute Gasteiger partial charge is 0.421 e. The first-order valence-electron chi connectivity index (χ1n) is 8.29. The van der Waals surface area contributed by atoms with Gasteiger partial charge in [-0.05, 0) is 43.0 Å². The van der Waals surface area contributed by atoms with Crippen LogP contribution in [0.3, 0.4) is 0 Å². The maximum absolute atomic E-state index is 12.3. The lowest BCUT2D eigenvalue weighted by atomic mass is 9.99. The van der Waals surface area contributed by atoms with Gasteiger partial charge in [0, 0.05) is 37.4 Å². The average Bonchev–Trinajstić information content (AvgIpc) is 3.11. The maximum Gasteiger partial charge on any atom is 0.321 e. The number of rotatable bonds is 4. The summed E-state index contributed by atoms with van der Waals surface area (Å²) in [6.07, 6.45) is 2.60. The summed E-state index contributed by atoms with van der Waals surface area (Å²) < 4.78 is 5.52. The van der Waals surface area contributed by atoms with Crippen LogP contribution < -0.4 is 5.32 Å². The number of hydrogen-bond acceptors (Lipinski definition) is 5. The molecule has 1 saturated heterocycles. The first-order valence-corrected chi connectivity index (χ1v) is 8.29. The van der Waals surface area contributed by atoms with Crippen LogP contribution in [0.2, 0.25) is 0 Å². The van der Waals surface area contributed by atoms with Gasteiger partial charge < -0.3 is 19.7 Å². The predicted octanol–water partition coefficient (Wildman–Crippen LogP) is 2.54. The first kappa shape index (κ1) is 16.4. The zero-order valence-electron chi connectivity index (χ0n) is 13.7. The molecule has 0 spiro atoms. The second kappa shape index (κ2) is 7.44. The number of aryl methyl sites for hydroxylation is 1. The third kappa shape index (κ3) is 3.73. The van der Waals surface area contributed by atoms with E-state index in [0.717, 1.165) is 24.9 Å². The number of anilines is 1. The van der Waals surface area contributed by atoms with Crippen LogP contribution in [0.15, 0.2) is 28.7 Å². The van der Waals surface area contributed by atoms with Gasteiger partial charge >= 0.3 is 6.03 Å². The Morgan fingerprint density at radius 3 is 2.83 bits per heavy atom. The number of aliphatic hydroxyl groups excluding tert-OH is 1. The van der Waals surface area contributed by atoms with Crippen LogP contribution in [0.4, 0.5) is 10.5 Å². The summed E-state index contributed by atoms with van der Waals surface area (Å²) in [6, 6.07) is 7.18. The number of nitrogens with zero attached hydrogens (tertiary/aromatic N) is 3. The van der Waals surface area contributed by atoms with E-state index in [2.05, 4.69) is 15.5 Å². The van der Waals surface area contributed by atoms with Gasteiger partial charge in [-0.25, -0.2) is 4.79 Å². The van der Waals surface area contributed by atoms with Crippen molar-refractivity contribution in [2.45, 2.75) is 26.2 Å². The Kier molecular flexibility index (Phi) is 5.10. The number of likely N-dealkylation sites (tertiary alicyclic amines) is 1. The van der Waals surface area contributed by atoms with Gasteiger partial charge in [-0.15, -0.1) is 10.2 Å². The molecule has 1 fully saturated rings. The monoisotopic (exact) mass is 330 g/mol. The number of benzene rings is 1. The number of urea groups is 1. The van der Waals surface area contributed by atoms with Gasteiger partial charge in [0.25, 0.3) is 0 Å². The molecule has 1 aromatic heterocycles. The number of hydrogen-bond donors (Lipinski definition) is 2. The van der Waals surface area contributed by atoms with Crippen molar-refractivity contribution in [2.75, 3.05) is 25.0 Å². The Bertz CT molecular complexity index is 683. The summed E-state index contributed by atoms with van der Waals surface area (Å²) in [6.45, 7) is 3.41. The molecule has 128 valence electrons. The standard InChI is InChI=1S/C17H22N4O3/c1-2-15-19-20-16(24-15)13-5-7-14(8-6-13)18-17(23)21-9-3-4-12(10-21)11-22/h5-8,12,22H,2-4,9-11H2,1H3,(H,18,23)/t12-/m1/s1. The molecule has 0 unspecified atom stereocenters. The van der Waals surface area contributed by atoms with E-state index in [1.54, 1.807) is 4.90 Å². The summed E-state index contributed by atoms with van der Waals surface area (Å²) in [7, 11) is 0. The summed E-state index contributed by atoms with van der Waals surface area (Å²) in [5.74, 6) is 1.26. The molecule has 0 radical (unpaired) electrons. The number of aliphatic hydroxyl groups is 1. The molecule has 1 aromatic carbocycles. The molecular formula is C17H22N4O3. The van der Waals surface area contributed by atoms with Crippen molar-refractivity contribution in [3.05, 3.63) is 30.2 Å². The molecule has 2 amide bonds. The fourth-order valence-electron chi connectivity index (χ4n) is 2.81. The maximum atomic E-state index is 12.3. The predicted molar refractivity (Wildman–Crippen MR) is 89.5 cm³/mol. The SMILES string of the molecule is CCc1nnc(-c2ccc(NC(=O)N3CCC[C@@H](CO)C3)cc2)o1. The highest BCUT2D eigenvalue weighted by Crippen LogP contribution is 2.21. The fraction of sp³-hybridized carbons (Fsp3) is 0.471. The van der Waals surface area contributed by atoms with Crippen LogP contribution in [0.5, 0.6) is 0 Å². The minimum Gasteiger partial charge on any atom is -0.421 e. The van der Waals surface area contributed by atoms with E-state index in [0.29, 0.717) is 30.4 Å². The lowest BCUT2D eigenvalue weighted by molar-refractivity contribution is 0.136. The van der Waals surface area contributed by atoms with Gasteiger partial charge in [-0.2, -0.15) is 0 Å². The highest BCUT2D eigenvalue weighted by Gasteiger charge is 2.23. The molecule has 7 heteroatoms. The highest BCUT2D eigenvalue weighted by atomic mass is 16.4. The normalized spacial score (nSPS) is 17.8. The molecule has 0 bridgehead atoms. The third-order valence-electron chi connectivity index (χ3n) is 4.22. The highest BCUT2D eigenvalue weighted by molar-refractivity contribution is 5.89. The number of aromatic nitrogens is 2. The number of nitrogens with one attached hydrogen (secondary N) is 1. The van der Waals surface area contributed by atoms with Crippen LogP contribution in [0.1, 0.15) is 25.7 Å². The zero-order valence-corrected chi connectivity index (χ0v) is 13.7. The van der Waals surface area contributed by atoms with Crippen LogP contribution in [-0.4, -0.2) is 45.9 Å². The summed E-state index contributed by atoms with van der Waals surface area (Å²) in [5, 5.41) is 20.1. The minimum absolute atomic E-state index is 0.127. The van der Waals surface area contributed by atoms with E-state index in [1.165, 1.54) is 0 Å². The third-order valence-corrected chi connectivity index (χ3v) is 4.22. The molecule has 2 heterocycles.